The second kappa shape index (κ2) is 9.85. The number of nitrogens with one attached hydrogen (secondary N) is 1. The Morgan fingerprint density at radius 1 is 1.19 bits per heavy atom. The zero-order valence-corrected chi connectivity index (χ0v) is 20.9. The highest BCUT2D eigenvalue weighted by molar-refractivity contribution is 5.81. The first kappa shape index (κ1) is 24.2. The fraction of sp³-hybridized carbons (Fsp3) is 0.429. The van der Waals surface area contributed by atoms with Crippen molar-refractivity contribution in [2.24, 2.45) is 0 Å². The van der Waals surface area contributed by atoms with Crippen LogP contribution in [0.15, 0.2) is 54.6 Å². The van der Waals surface area contributed by atoms with Gasteiger partial charge >= 0.3 is 12.1 Å². The summed E-state index contributed by atoms with van der Waals surface area (Å²) in [5.41, 5.74) is 3.04. The molecule has 190 valence electrons. The van der Waals surface area contributed by atoms with Crippen LogP contribution in [0.2, 0.25) is 0 Å². The molecule has 2 heterocycles. The van der Waals surface area contributed by atoms with E-state index >= 15 is 0 Å². The van der Waals surface area contributed by atoms with Gasteiger partial charge in [-0.25, -0.2) is 9.59 Å². The Morgan fingerprint density at radius 3 is 2.75 bits per heavy atom. The summed E-state index contributed by atoms with van der Waals surface area (Å²) in [4.78, 5) is 27.4. The van der Waals surface area contributed by atoms with Crippen molar-refractivity contribution in [2.45, 2.75) is 49.5 Å². The molecule has 2 aromatic rings. The van der Waals surface area contributed by atoms with Crippen LogP contribution >= 0.6 is 0 Å². The lowest BCUT2D eigenvalue weighted by molar-refractivity contribution is -0.143. The molecule has 4 atom stereocenters. The fourth-order valence-corrected chi connectivity index (χ4v) is 5.65. The van der Waals surface area contributed by atoms with Gasteiger partial charge in [-0.1, -0.05) is 42.5 Å². The van der Waals surface area contributed by atoms with E-state index in [0.29, 0.717) is 12.8 Å². The predicted molar refractivity (Wildman–Crippen MR) is 133 cm³/mol. The largest absolute Gasteiger partial charge is 0.493 e. The average molecular weight is 493 g/mol. The first-order valence-electron chi connectivity index (χ1n) is 12.3. The average Bonchev–Trinajstić information content (AvgIpc) is 3.14. The number of rotatable bonds is 6. The number of carbonyl (C=O) groups excluding carboxylic acids is 2. The van der Waals surface area contributed by atoms with Gasteiger partial charge in [0, 0.05) is 24.9 Å². The van der Waals surface area contributed by atoms with Gasteiger partial charge in [-0.15, -0.1) is 0 Å². The summed E-state index contributed by atoms with van der Waals surface area (Å²) >= 11 is 0. The lowest BCUT2D eigenvalue weighted by Gasteiger charge is -2.36. The molecule has 2 aliphatic heterocycles. The van der Waals surface area contributed by atoms with Crippen LogP contribution in [0.1, 0.15) is 29.5 Å². The zero-order valence-electron chi connectivity index (χ0n) is 20.9. The monoisotopic (exact) mass is 492 g/mol. The molecule has 1 N–H and O–H groups in total. The van der Waals surface area contributed by atoms with Crippen LogP contribution in [-0.2, 0) is 32.6 Å². The van der Waals surface area contributed by atoms with E-state index < -0.39 is 24.2 Å². The van der Waals surface area contributed by atoms with Crippen molar-refractivity contribution in [1.82, 2.24) is 10.2 Å². The van der Waals surface area contributed by atoms with Crippen molar-refractivity contribution in [2.75, 3.05) is 27.8 Å². The van der Waals surface area contributed by atoms with E-state index in [4.69, 9.17) is 18.9 Å². The van der Waals surface area contributed by atoms with Gasteiger partial charge in [0.05, 0.1) is 19.6 Å². The van der Waals surface area contributed by atoms with E-state index in [9.17, 15) is 9.59 Å². The Hall–Kier alpha value is -3.52. The Labute approximate surface area is 211 Å². The second-order valence-corrected chi connectivity index (χ2v) is 9.71. The molecule has 0 saturated heterocycles. The standard InChI is InChI=1S/C28H32N2O6/c1-30-14-13-28-12-11-20(16-23(28)36-25-22(33-2)10-9-19(17-30)24(25)28)35-27(32)29-21(26(31)34-3)15-18-7-5-4-6-8-18/h4-12,20-21,23H,13-17H2,1-3H3,(H,29,32)/t20-,21-,23-,28-/m0/s1. The number of methoxy groups -OCH3 is 2. The summed E-state index contributed by atoms with van der Waals surface area (Å²) in [5, 5.41) is 2.68. The highest BCUT2D eigenvalue weighted by Crippen LogP contribution is 2.55. The van der Waals surface area contributed by atoms with Crippen LogP contribution in [-0.4, -0.2) is 63.0 Å². The first-order chi connectivity index (χ1) is 17.4. The molecule has 2 aromatic carbocycles. The third kappa shape index (κ3) is 4.41. The van der Waals surface area contributed by atoms with Crippen molar-refractivity contribution in [3.8, 4) is 11.5 Å². The maximum absolute atomic E-state index is 12.8. The number of ether oxygens (including phenoxy) is 4. The molecular formula is C28H32N2O6. The van der Waals surface area contributed by atoms with Crippen molar-refractivity contribution in [1.29, 1.82) is 0 Å². The van der Waals surface area contributed by atoms with E-state index in [2.05, 4.69) is 29.4 Å². The molecule has 1 amide bonds. The quantitative estimate of drug-likeness (QED) is 0.489. The lowest BCUT2D eigenvalue weighted by atomic mass is 9.69. The number of hydrogen-bond donors (Lipinski definition) is 1. The smallest absolute Gasteiger partial charge is 0.408 e. The van der Waals surface area contributed by atoms with Gasteiger partial charge in [0.1, 0.15) is 18.2 Å². The molecule has 1 aliphatic carbocycles. The molecule has 8 nitrogen and oxygen atoms in total. The molecule has 5 rings (SSSR count). The molecule has 1 spiro atoms. The summed E-state index contributed by atoms with van der Waals surface area (Å²) in [6.07, 6.45) is 4.48. The number of benzene rings is 2. The number of amides is 1. The molecule has 36 heavy (non-hydrogen) atoms. The van der Waals surface area contributed by atoms with E-state index in [1.54, 1.807) is 7.11 Å². The Kier molecular flexibility index (Phi) is 6.62. The predicted octanol–water partition coefficient (Wildman–Crippen LogP) is 3.37. The summed E-state index contributed by atoms with van der Waals surface area (Å²) in [6.45, 7) is 1.77. The molecule has 8 heteroatoms. The summed E-state index contributed by atoms with van der Waals surface area (Å²) in [7, 11) is 5.08. The van der Waals surface area contributed by atoms with Gasteiger partial charge in [-0.2, -0.15) is 0 Å². The zero-order chi connectivity index (χ0) is 25.3. The van der Waals surface area contributed by atoms with Crippen LogP contribution in [0.5, 0.6) is 11.5 Å². The van der Waals surface area contributed by atoms with E-state index in [0.717, 1.165) is 36.6 Å². The number of esters is 1. The summed E-state index contributed by atoms with van der Waals surface area (Å²) in [6, 6.07) is 12.7. The van der Waals surface area contributed by atoms with Crippen LogP contribution in [0.4, 0.5) is 4.79 Å². The minimum Gasteiger partial charge on any atom is -0.493 e. The number of carbonyl (C=O) groups is 2. The van der Waals surface area contributed by atoms with Gasteiger partial charge in [0.25, 0.3) is 0 Å². The van der Waals surface area contributed by atoms with Crippen molar-refractivity contribution >= 4 is 12.1 Å². The van der Waals surface area contributed by atoms with Crippen molar-refractivity contribution in [3.63, 3.8) is 0 Å². The molecule has 0 fully saturated rings. The highest BCUT2D eigenvalue weighted by Gasteiger charge is 2.53. The van der Waals surface area contributed by atoms with E-state index in [1.165, 1.54) is 18.2 Å². The lowest BCUT2D eigenvalue weighted by Crippen LogP contribution is -2.47. The third-order valence-corrected chi connectivity index (χ3v) is 7.45. The van der Waals surface area contributed by atoms with Crippen LogP contribution in [0.25, 0.3) is 0 Å². The van der Waals surface area contributed by atoms with Gasteiger partial charge in [0.2, 0.25) is 0 Å². The molecule has 0 saturated carbocycles. The maximum Gasteiger partial charge on any atom is 0.408 e. The van der Waals surface area contributed by atoms with Gasteiger partial charge in [0.15, 0.2) is 11.5 Å². The molecule has 0 radical (unpaired) electrons. The Bertz CT molecular complexity index is 1170. The minimum absolute atomic E-state index is 0.183. The molecule has 0 aromatic heterocycles. The first-order valence-corrected chi connectivity index (χ1v) is 12.3. The summed E-state index contributed by atoms with van der Waals surface area (Å²) < 4.78 is 22.7. The van der Waals surface area contributed by atoms with E-state index in [-0.39, 0.29) is 11.5 Å². The fourth-order valence-electron chi connectivity index (χ4n) is 5.65. The summed E-state index contributed by atoms with van der Waals surface area (Å²) in [5.74, 6) is 0.988. The minimum atomic E-state index is -0.847. The molecular weight excluding hydrogens is 460 g/mol. The maximum atomic E-state index is 12.8. The third-order valence-electron chi connectivity index (χ3n) is 7.45. The van der Waals surface area contributed by atoms with Gasteiger partial charge in [-0.3, -0.25) is 0 Å². The topological polar surface area (TPSA) is 86.3 Å². The van der Waals surface area contributed by atoms with E-state index in [1.807, 2.05) is 42.5 Å². The van der Waals surface area contributed by atoms with Gasteiger partial charge in [-0.05, 0) is 43.3 Å². The molecule has 0 unspecified atom stereocenters. The number of alkyl carbamates (subject to hydrolysis) is 1. The molecule has 3 aliphatic rings. The highest BCUT2D eigenvalue weighted by atomic mass is 16.6. The molecule has 0 bridgehead atoms. The second-order valence-electron chi connectivity index (χ2n) is 9.71. The van der Waals surface area contributed by atoms with Crippen LogP contribution in [0.3, 0.4) is 0 Å². The van der Waals surface area contributed by atoms with Crippen molar-refractivity contribution in [3.05, 3.63) is 71.3 Å². The Balaban J connectivity index is 1.32. The van der Waals surface area contributed by atoms with Crippen molar-refractivity contribution < 1.29 is 28.5 Å². The SMILES string of the molecule is COC(=O)[C@H](Cc1ccccc1)NC(=O)O[C@H]1C=C[C@@]23CCN(C)Cc4ccc(OC)c(c42)O[C@H]3C1. The number of hydrogen-bond acceptors (Lipinski definition) is 7. The van der Waals surface area contributed by atoms with Crippen LogP contribution < -0.4 is 14.8 Å². The Morgan fingerprint density at radius 2 is 2.00 bits per heavy atom. The van der Waals surface area contributed by atoms with Crippen LogP contribution in [0, 0.1) is 0 Å². The normalized spacial score (nSPS) is 25.0. The number of nitrogens with zero attached hydrogens (tertiary/aromatic N) is 1. The van der Waals surface area contributed by atoms with Gasteiger partial charge < -0.3 is 29.2 Å².